The summed E-state index contributed by atoms with van der Waals surface area (Å²) in [5.41, 5.74) is 4.20. The molecule has 100 valence electrons. The second-order valence-corrected chi connectivity index (χ2v) is 5.60. The first-order chi connectivity index (χ1) is 8.58. The van der Waals surface area contributed by atoms with E-state index in [1.807, 2.05) is 0 Å². The zero-order valence-corrected chi connectivity index (χ0v) is 12.3. The van der Waals surface area contributed by atoms with Crippen LogP contribution in [-0.4, -0.2) is 13.1 Å². The highest BCUT2D eigenvalue weighted by Gasteiger charge is 1.95. The van der Waals surface area contributed by atoms with Gasteiger partial charge in [-0.3, -0.25) is 0 Å². The lowest BCUT2D eigenvalue weighted by Gasteiger charge is -2.06. The average molecular weight is 245 g/mol. The molecule has 0 spiro atoms. The van der Waals surface area contributed by atoms with Crippen LogP contribution in [0.15, 0.2) is 35.9 Å². The Balaban J connectivity index is 2.27. The quantitative estimate of drug-likeness (QED) is 0.563. The third-order valence-electron chi connectivity index (χ3n) is 2.97. The molecule has 18 heavy (non-hydrogen) atoms. The Morgan fingerprint density at radius 1 is 1.22 bits per heavy atom. The summed E-state index contributed by atoms with van der Waals surface area (Å²) in [4.78, 5) is 0. The summed E-state index contributed by atoms with van der Waals surface area (Å²) in [7, 11) is 0. The highest BCUT2D eigenvalue weighted by atomic mass is 14.8. The number of nitrogens with one attached hydrogen (secondary N) is 1. The molecule has 1 aromatic rings. The number of hydrogen-bond acceptors (Lipinski definition) is 1. The van der Waals surface area contributed by atoms with E-state index in [0.29, 0.717) is 0 Å². The van der Waals surface area contributed by atoms with Gasteiger partial charge in [0.05, 0.1) is 0 Å². The summed E-state index contributed by atoms with van der Waals surface area (Å²) in [5, 5.41) is 3.47. The number of aryl methyl sites for hydroxylation is 1. The van der Waals surface area contributed by atoms with E-state index in [2.05, 4.69) is 63.4 Å². The van der Waals surface area contributed by atoms with Gasteiger partial charge in [0.15, 0.2) is 0 Å². The van der Waals surface area contributed by atoms with E-state index in [-0.39, 0.29) is 0 Å². The molecule has 1 N–H and O–H groups in total. The summed E-state index contributed by atoms with van der Waals surface area (Å²) in [6, 6.07) is 8.83. The van der Waals surface area contributed by atoms with Crippen LogP contribution in [0.3, 0.4) is 0 Å². The van der Waals surface area contributed by atoms with Crippen molar-refractivity contribution in [1.29, 1.82) is 0 Å². The fourth-order valence-corrected chi connectivity index (χ4v) is 1.91. The van der Waals surface area contributed by atoms with Crippen LogP contribution in [0.2, 0.25) is 0 Å². The number of benzene rings is 1. The monoisotopic (exact) mass is 245 g/mol. The number of allylic oxidation sites excluding steroid dienone is 1. The molecule has 0 atom stereocenters. The minimum Gasteiger partial charge on any atom is -0.316 e. The maximum Gasteiger partial charge on any atom is -0.00141 e. The molecule has 0 radical (unpaired) electrons. The molecule has 1 aromatic carbocycles. The predicted octanol–water partition coefficient (Wildman–Crippen LogP) is 4.12. The van der Waals surface area contributed by atoms with Crippen molar-refractivity contribution in [2.24, 2.45) is 5.92 Å². The van der Waals surface area contributed by atoms with Crippen molar-refractivity contribution in [3.8, 4) is 0 Å². The Bertz CT molecular complexity index is 360. The standard InChI is InChI=1S/C17H27N/c1-14(2)13-18-11-5-6-16(4)12-17-9-7-15(3)8-10-17/h6-10,14,18H,5,11-13H2,1-4H3. The normalized spacial score (nSPS) is 12.2. The van der Waals surface area contributed by atoms with Crippen LogP contribution in [0.5, 0.6) is 0 Å². The Morgan fingerprint density at radius 3 is 2.50 bits per heavy atom. The van der Waals surface area contributed by atoms with E-state index in [1.54, 1.807) is 0 Å². The van der Waals surface area contributed by atoms with Crippen molar-refractivity contribution in [3.63, 3.8) is 0 Å². The first kappa shape index (κ1) is 15.0. The average Bonchev–Trinajstić information content (AvgIpc) is 2.31. The van der Waals surface area contributed by atoms with Gasteiger partial charge >= 0.3 is 0 Å². The zero-order chi connectivity index (χ0) is 13.4. The molecule has 0 amide bonds. The van der Waals surface area contributed by atoms with E-state index in [1.165, 1.54) is 16.7 Å². The van der Waals surface area contributed by atoms with Gasteiger partial charge in [-0.05, 0) is 51.3 Å². The Morgan fingerprint density at radius 2 is 1.89 bits per heavy atom. The molecule has 0 heterocycles. The van der Waals surface area contributed by atoms with Crippen LogP contribution in [0.25, 0.3) is 0 Å². The summed E-state index contributed by atoms with van der Waals surface area (Å²) >= 11 is 0. The van der Waals surface area contributed by atoms with Gasteiger partial charge in [-0.1, -0.05) is 55.3 Å². The predicted molar refractivity (Wildman–Crippen MR) is 81.0 cm³/mol. The summed E-state index contributed by atoms with van der Waals surface area (Å²) in [6.45, 7) is 11.0. The lowest BCUT2D eigenvalue weighted by Crippen LogP contribution is -2.20. The zero-order valence-electron chi connectivity index (χ0n) is 12.3. The topological polar surface area (TPSA) is 12.0 Å². The first-order valence-electron chi connectivity index (χ1n) is 7.00. The molecule has 0 aliphatic carbocycles. The van der Waals surface area contributed by atoms with Crippen molar-refractivity contribution in [3.05, 3.63) is 47.0 Å². The Labute approximate surface area is 112 Å². The molecule has 0 fully saturated rings. The third-order valence-corrected chi connectivity index (χ3v) is 2.97. The molecule has 1 heteroatoms. The lowest BCUT2D eigenvalue weighted by atomic mass is 10.0. The van der Waals surface area contributed by atoms with Gasteiger partial charge in [0.1, 0.15) is 0 Å². The van der Waals surface area contributed by atoms with E-state index >= 15 is 0 Å². The fraction of sp³-hybridized carbons (Fsp3) is 0.529. The van der Waals surface area contributed by atoms with Crippen LogP contribution in [0, 0.1) is 12.8 Å². The largest absolute Gasteiger partial charge is 0.316 e. The molecule has 0 aromatic heterocycles. The second kappa shape index (κ2) is 8.10. The number of rotatable bonds is 7. The van der Waals surface area contributed by atoms with E-state index in [4.69, 9.17) is 0 Å². The van der Waals surface area contributed by atoms with Gasteiger partial charge in [-0.2, -0.15) is 0 Å². The van der Waals surface area contributed by atoms with Crippen LogP contribution in [0.1, 0.15) is 38.3 Å². The second-order valence-electron chi connectivity index (χ2n) is 5.60. The van der Waals surface area contributed by atoms with Crippen molar-refractivity contribution in [1.82, 2.24) is 5.32 Å². The molecule has 0 unspecified atom stereocenters. The minimum atomic E-state index is 0.739. The molecular weight excluding hydrogens is 218 g/mol. The summed E-state index contributed by atoms with van der Waals surface area (Å²) in [5.74, 6) is 0.739. The molecule has 0 saturated heterocycles. The maximum atomic E-state index is 3.47. The number of hydrogen-bond donors (Lipinski definition) is 1. The summed E-state index contributed by atoms with van der Waals surface area (Å²) < 4.78 is 0. The smallest absolute Gasteiger partial charge is 0.00141 e. The van der Waals surface area contributed by atoms with E-state index in [9.17, 15) is 0 Å². The van der Waals surface area contributed by atoms with Crippen LogP contribution < -0.4 is 5.32 Å². The summed E-state index contributed by atoms with van der Waals surface area (Å²) in [6.07, 6.45) is 4.56. The van der Waals surface area contributed by atoms with Crippen molar-refractivity contribution >= 4 is 0 Å². The molecule has 1 nitrogen and oxygen atoms in total. The van der Waals surface area contributed by atoms with E-state index < -0.39 is 0 Å². The van der Waals surface area contributed by atoms with Crippen molar-refractivity contribution in [2.75, 3.05) is 13.1 Å². The Hall–Kier alpha value is -1.08. The third kappa shape index (κ3) is 6.61. The van der Waals surface area contributed by atoms with Gasteiger partial charge in [0, 0.05) is 0 Å². The van der Waals surface area contributed by atoms with Crippen LogP contribution >= 0.6 is 0 Å². The SMILES string of the molecule is CC(=CCCNCC(C)C)Cc1ccc(C)cc1. The maximum absolute atomic E-state index is 3.47. The van der Waals surface area contributed by atoms with Gasteiger partial charge < -0.3 is 5.32 Å². The highest BCUT2D eigenvalue weighted by molar-refractivity contribution is 5.25. The van der Waals surface area contributed by atoms with Crippen LogP contribution in [-0.2, 0) is 6.42 Å². The van der Waals surface area contributed by atoms with Gasteiger partial charge in [-0.25, -0.2) is 0 Å². The lowest BCUT2D eigenvalue weighted by molar-refractivity contribution is 0.556. The van der Waals surface area contributed by atoms with Gasteiger partial charge in [-0.15, -0.1) is 0 Å². The van der Waals surface area contributed by atoms with Gasteiger partial charge in [0.25, 0.3) is 0 Å². The molecule has 0 aliphatic rings. The molecule has 0 bridgehead atoms. The molecular formula is C17H27N. The van der Waals surface area contributed by atoms with Crippen molar-refractivity contribution < 1.29 is 0 Å². The molecule has 0 saturated carbocycles. The first-order valence-corrected chi connectivity index (χ1v) is 7.00. The molecule has 0 aliphatic heterocycles. The van der Waals surface area contributed by atoms with Crippen LogP contribution in [0.4, 0.5) is 0 Å². The van der Waals surface area contributed by atoms with Gasteiger partial charge in [0.2, 0.25) is 0 Å². The fourth-order valence-electron chi connectivity index (χ4n) is 1.91. The molecule has 1 rings (SSSR count). The highest BCUT2D eigenvalue weighted by Crippen LogP contribution is 2.09. The Kier molecular flexibility index (Phi) is 6.74. The van der Waals surface area contributed by atoms with Crippen molar-refractivity contribution in [2.45, 2.75) is 40.5 Å². The van der Waals surface area contributed by atoms with E-state index in [0.717, 1.165) is 31.8 Å². The minimum absolute atomic E-state index is 0.739.